The van der Waals surface area contributed by atoms with E-state index in [2.05, 4.69) is 5.32 Å². The molecule has 1 saturated heterocycles. The predicted molar refractivity (Wildman–Crippen MR) is 116 cm³/mol. The van der Waals surface area contributed by atoms with Crippen molar-refractivity contribution >= 4 is 52.2 Å². The zero-order chi connectivity index (χ0) is 21.2. The molecule has 3 N–H and O–H groups in total. The summed E-state index contributed by atoms with van der Waals surface area (Å²) in [6.45, 7) is 0.901. The van der Waals surface area contributed by atoms with Crippen LogP contribution in [0, 0.1) is 0 Å². The third-order valence-corrected chi connectivity index (χ3v) is 5.62. The van der Waals surface area contributed by atoms with Crippen LogP contribution in [-0.4, -0.2) is 50.3 Å². The zero-order valence-electron chi connectivity index (χ0n) is 15.9. The van der Waals surface area contributed by atoms with Crippen LogP contribution in [0.3, 0.4) is 0 Å². The summed E-state index contributed by atoms with van der Waals surface area (Å²) in [6.07, 6.45) is 4.80. The summed E-state index contributed by atoms with van der Waals surface area (Å²) in [7, 11) is 0. The van der Waals surface area contributed by atoms with Crippen LogP contribution in [0.1, 0.15) is 44.1 Å². The number of rotatable bonds is 11. The molecule has 1 aromatic rings. The van der Waals surface area contributed by atoms with Crippen LogP contribution in [0.2, 0.25) is 0 Å². The molecular weight excluding hydrogens is 412 g/mol. The van der Waals surface area contributed by atoms with Gasteiger partial charge in [-0.1, -0.05) is 42.5 Å². The van der Waals surface area contributed by atoms with Gasteiger partial charge < -0.3 is 15.5 Å². The van der Waals surface area contributed by atoms with Gasteiger partial charge in [0.1, 0.15) is 10.1 Å². The Labute approximate surface area is 179 Å². The van der Waals surface area contributed by atoms with E-state index in [0.717, 1.165) is 18.4 Å². The van der Waals surface area contributed by atoms with E-state index in [-0.39, 0.29) is 24.0 Å². The average molecular weight is 437 g/mol. The standard InChI is InChI=1S/C20H24N2O5S2/c23-15-9-7-14(8-10-15)13-16-19(27)22(20(28)29-16)12-4-5-17(24)21-11-3-1-2-6-18(25)26/h7-10,13,23H,1-6,11-12H2,(H,21,24)(H,25,26)/b16-13-. The molecule has 156 valence electrons. The smallest absolute Gasteiger partial charge is 0.303 e. The van der Waals surface area contributed by atoms with Crippen molar-refractivity contribution in [1.29, 1.82) is 0 Å². The number of aromatic hydroxyl groups is 1. The maximum atomic E-state index is 12.5. The largest absolute Gasteiger partial charge is 0.508 e. The summed E-state index contributed by atoms with van der Waals surface area (Å²) >= 11 is 6.51. The molecule has 2 rings (SSSR count). The van der Waals surface area contributed by atoms with Crippen molar-refractivity contribution in [1.82, 2.24) is 10.2 Å². The first kappa shape index (κ1) is 22.9. The maximum absolute atomic E-state index is 12.5. The first-order chi connectivity index (χ1) is 13.9. The highest BCUT2D eigenvalue weighted by molar-refractivity contribution is 8.26. The van der Waals surface area contributed by atoms with Crippen LogP contribution in [0.25, 0.3) is 6.08 Å². The fourth-order valence-electron chi connectivity index (χ4n) is 2.71. The van der Waals surface area contributed by atoms with Crippen LogP contribution in [-0.2, 0) is 14.4 Å². The second-order valence-corrected chi connectivity index (χ2v) is 8.26. The Morgan fingerprint density at radius 1 is 1.10 bits per heavy atom. The Morgan fingerprint density at radius 2 is 1.83 bits per heavy atom. The SMILES string of the molecule is O=C(O)CCCCCNC(=O)CCCN1C(=O)/C(=C/c2ccc(O)cc2)SC1=S. The normalized spacial score (nSPS) is 15.2. The van der Waals surface area contributed by atoms with E-state index < -0.39 is 5.97 Å². The van der Waals surface area contributed by atoms with Crippen molar-refractivity contribution < 1.29 is 24.6 Å². The van der Waals surface area contributed by atoms with Crippen molar-refractivity contribution in [3.63, 3.8) is 0 Å². The number of carboxylic acids is 1. The van der Waals surface area contributed by atoms with E-state index in [9.17, 15) is 19.5 Å². The Balaban J connectivity index is 1.70. The van der Waals surface area contributed by atoms with E-state index in [1.54, 1.807) is 30.3 Å². The summed E-state index contributed by atoms with van der Waals surface area (Å²) in [5, 5.41) is 20.7. The van der Waals surface area contributed by atoms with Gasteiger partial charge in [-0.15, -0.1) is 0 Å². The molecule has 1 fully saturated rings. The highest BCUT2D eigenvalue weighted by atomic mass is 32.2. The van der Waals surface area contributed by atoms with Crippen LogP contribution in [0.5, 0.6) is 5.75 Å². The number of carbonyl (C=O) groups is 3. The highest BCUT2D eigenvalue weighted by Gasteiger charge is 2.31. The van der Waals surface area contributed by atoms with Gasteiger partial charge in [-0.05, 0) is 43.0 Å². The Morgan fingerprint density at radius 3 is 2.52 bits per heavy atom. The number of amides is 2. The van der Waals surface area contributed by atoms with E-state index in [1.165, 1.54) is 16.7 Å². The van der Waals surface area contributed by atoms with Gasteiger partial charge in [0.15, 0.2) is 0 Å². The van der Waals surface area contributed by atoms with Crippen molar-refractivity contribution in [3.8, 4) is 5.75 Å². The minimum absolute atomic E-state index is 0.0895. The third kappa shape index (κ3) is 7.86. The molecule has 0 aliphatic carbocycles. The van der Waals surface area contributed by atoms with Crippen molar-refractivity contribution in [2.24, 2.45) is 0 Å². The maximum Gasteiger partial charge on any atom is 0.303 e. The van der Waals surface area contributed by atoms with Crippen LogP contribution < -0.4 is 5.32 Å². The first-order valence-corrected chi connectivity index (χ1v) is 10.6. The van der Waals surface area contributed by atoms with Gasteiger partial charge in [0.25, 0.3) is 5.91 Å². The minimum atomic E-state index is -0.803. The molecule has 1 aliphatic heterocycles. The fourth-order valence-corrected chi connectivity index (χ4v) is 4.02. The topological polar surface area (TPSA) is 107 Å². The Kier molecular flexibility index (Phi) is 9.14. The molecule has 2 amide bonds. The molecule has 0 saturated carbocycles. The lowest BCUT2D eigenvalue weighted by molar-refractivity contribution is -0.137. The first-order valence-electron chi connectivity index (χ1n) is 9.39. The summed E-state index contributed by atoms with van der Waals surface area (Å²) in [5.74, 6) is -0.906. The quantitative estimate of drug-likeness (QED) is 0.278. The molecular formula is C20H24N2O5S2. The molecule has 1 aliphatic rings. The van der Waals surface area contributed by atoms with E-state index in [1.807, 2.05) is 0 Å². The molecule has 0 spiro atoms. The Bertz CT molecular complexity index is 793. The number of thioether (sulfide) groups is 1. The molecule has 0 atom stereocenters. The van der Waals surface area contributed by atoms with Gasteiger partial charge in [-0.25, -0.2) is 0 Å². The van der Waals surface area contributed by atoms with Crippen LogP contribution in [0.4, 0.5) is 0 Å². The highest BCUT2D eigenvalue weighted by Crippen LogP contribution is 2.32. The lowest BCUT2D eigenvalue weighted by atomic mass is 10.2. The van der Waals surface area contributed by atoms with Crippen molar-refractivity contribution in [2.45, 2.75) is 38.5 Å². The lowest BCUT2D eigenvalue weighted by Crippen LogP contribution is -2.30. The molecule has 7 nitrogen and oxygen atoms in total. The zero-order valence-corrected chi connectivity index (χ0v) is 17.6. The number of thiocarbonyl (C=S) groups is 1. The molecule has 0 unspecified atom stereocenters. The van der Waals surface area contributed by atoms with Crippen molar-refractivity contribution in [2.75, 3.05) is 13.1 Å². The lowest BCUT2D eigenvalue weighted by Gasteiger charge is -2.14. The third-order valence-electron chi connectivity index (χ3n) is 4.24. The van der Waals surface area contributed by atoms with Gasteiger partial charge in [-0.2, -0.15) is 0 Å². The second kappa shape index (κ2) is 11.6. The summed E-state index contributed by atoms with van der Waals surface area (Å²) in [4.78, 5) is 36.9. The fraction of sp³-hybridized carbons (Fsp3) is 0.400. The monoisotopic (exact) mass is 436 g/mol. The van der Waals surface area contributed by atoms with Crippen LogP contribution >= 0.6 is 24.0 Å². The number of nitrogens with zero attached hydrogens (tertiary/aromatic N) is 1. The average Bonchev–Trinajstić information content (AvgIpc) is 2.93. The second-order valence-electron chi connectivity index (χ2n) is 6.58. The van der Waals surface area contributed by atoms with E-state index in [0.29, 0.717) is 41.6 Å². The summed E-state index contributed by atoms with van der Waals surface area (Å²) < 4.78 is 0.471. The molecule has 29 heavy (non-hydrogen) atoms. The molecule has 0 radical (unpaired) electrons. The molecule has 1 aromatic carbocycles. The van der Waals surface area contributed by atoms with Crippen molar-refractivity contribution in [3.05, 3.63) is 34.7 Å². The predicted octanol–water partition coefficient (Wildman–Crippen LogP) is 3.13. The van der Waals surface area contributed by atoms with E-state index >= 15 is 0 Å². The number of benzene rings is 1. The number of unbranched alkanes of at least 4 members (excludes halogenated alkanes) is 2. The van der Waals surface area contributed by atoms with Gasteiger partial charge in [-0.3, -0.25) is 19.3 Å². The van der Waals surface area contributed by atoms with Gasteiger partial charge in [0.05, 0.1) is 4.91 Å². The van der Waals surface area contributed by atoms with Gasteiger partial charge in [0, 0.05) is 25.9 Å². The molecule has 0 bridgehead atoms. The van der Waals surface area contributed by atoms with E-state index in [4.69, 9.17) is 17.3 Å². The number of nitrogens with one attached hydrogen (secondary N) is 1. The number of carbonyl (C=O) groups excluding carboxylic acids is 2. The summed E-state index contributed by atoms with van der Waals surface area (Å²) in [5.41, 5.74) is 0.797. The van der Waals surface area contributed by atoms with Gasteiger partial charge in [0.2, 0.25) is 5.91 Å². The number of carboxylic acid groups (broad SMARTS) is 1. The Hall–Kier alpha value is -2.39. The molecule has 9 heteroatoms. The van der Waals surface area contributed by atoms with Gasteiger partial charge >= 0.3 is 5.97 Å². The number of phenols is 1. The molecule has 0 aromatic heterocycles. The van der Waals surface area contributed by atoms with Crippen LogP contribution in [0.15, 0.2) is 29.2 Å². The number of aliphatic carboxylic acids is 1. The molecule has 1 heterocycles. The minimum Gasteiger partial charge on any atom is -0.508 e. The number of hydrogen-bond acceptors (Lipinski definition) is 6. The number of phenolic OH excluding ortho intramolecular Hbond substituents is 1. The number of hydrogen-bond donors (Lipinski definition) is 3. The summed E-state index contributed by atoms with van der Waals surface area (Å²) in [6, 6.07) is 6.54.